The third-order valence-corrected chi connectivity index (χ3v) is 5.44. The fourth-order valence-electron chi connectivity index (χ4n) is 3.22. The fourth-order valence-corrected chi connectivity index (χ4v) is 4.19. The van der Waals surface area contributed by atoms with Crippen LogP contribution in [0.15, 0.2) is 48.5 Å². The highest BCUT2D eigenvalue weighted by atomic mass is 32.1. The molecule has 2 aromatic carbocycles. The molecule has 3 heteroatoms. The first-order valence-corrected chi connectivity index (χ1v) is 9.00. The molecule has 0 spiro atoms. The average molecular weight is 320 g/mol. The van der Waals surface area contributed by atoms with Crippen molar-refractivity contribution in [1.29, 1.82) is 0 Å². The summed E-state index contributed by atoms with van der Waals surface area (Å²) in [6, 6.07) is 17.5. The van der Waals surface area contributed by atoms with Gasteiger partial charge in [0.25, 0.3) is 0 Å². The molecule has 116 valence electrons. The number of hydrogen-bond acceptors (Lipinski definition) is 2. The summed E-state index contributed by atoms with van der Waals surface area (Å²) < 4.78 is 2.45. The van der Waals surface area contributed by atoms with E-state index in [1.807, 2.05) is 0 Å². The molecule has 0 aliphatic rings. The van der Waals surface area contributed by atoms with Crippen LogP contribution < -0.4 is 0 Å². The Balaban J connectivity index is 1.82. The van der Waals surface area contributed by atoms with Gasteiger partial charge in [0.1, 0.15) is 10.3 Å². The van der Waals surface area contributed by atoms with Gasteiger partial charge in [-0.1, -0.05) is 43.3 Å². The van der Waals surface area contributed by atoms with E-state index in [9.17, 15) is 0 Å². The number of fused-ring (bicyclic) bond motifs is 3. The highest BCUT2D eigenvalue weighted by Gasteiger charge is 2.14. The Kier molecular flexibility index (Phi) is 3.66. The van der Waals surface area contributed by atoms with Gasteiger partial charge in [-0.2, -0.15) is 0 Å². The molecule has 4 rings (SSSR count). The zero-order chi connectivity index (χ0) is 15.8. The van der Waals surface area contributed by atoms with Gasteiger partial charge in [-0.05, 0) is 43.0 Å². The number of hydrogen-bond donors (Lipinski definition) is 0. The third-order valence-electron chi connectivity index (χ3n) is 4.44. The van der Waals surface area contributed by atoms with Crippen molar-refractivity contribution in [1.82, 2.24) is 9.55 Å². The second-order valence-electron chi connectivity index (χ2n) is 5.98. The van der Waals surface area contributed by atoms with Crippen molar-refractivity contribution in [2.24, 2.45) is 0 Å². The van der Waals surface area contributed by atoms with Crippen LogP contribution in [-0.4, -0.2) is 9.55 Å². The van der Waals surface area contributed by atoms with Crippen LogP contribution in [0, 0.1) is 6.92 Å². The summed E-state index contributed by atoms with van der Waals surface area (Å²) >= 11 is 1.80. The first kappa shape index (κ1) is 14.5. The van der Waals surface area contributed by atoms with E-state index in [0.29, 0.717) is 0 Å². The van der Waals surface area contributed by atoms with Gasteiger partial charge in [0.2, 0.25) is 0 Å². The van der Waals surface area contributed by atoms with E-state index in [1.54, 1.807) is 11.3 Å². The Bertz CT molecular complexity index is 964. The highest BCUT2D eigenvalue weighted by molar-refractivity contribution is 7.18. The zero-order valence-electron chi connectivity index (χ0n) is 13.5. The van der Waals surface area contributed by atoms with E-state index in [-0.39, 0.29) is 0 Å². The summed E-state index contributed by atoms with van der Waals surface area (Å²) in [6.07, 6.45) is 2.11. The van der Waals surface area contributed by atoms with E-state index >= 15 is 0 Å². The van der Waals surface area contributed by atoms with Gasteiger partial charge in [-0.25, -0.2) is 4.98 Å². The molecule has 0 atom stereocenters. The van der Waals surface area contributed by atoms with Crippen LogP contribution in [0.25, 0.3) is 21.3 Å². The summed E-state index contributed by atoms with van der Waals surface area (Å²) in [7, 11) is 0. The topological polar surface area (TPSA) is 17.8 Å². The standard InChI is InChI=1S/C20H20N2S/c1-3-15-9-10-18-17(13-15)19-20(23-14(2)21-19)22(18)12-11-16-7-5-4-6-8-16/h4-10,13H,3,11-12H2,1-2H3. The van der Waals surface area contributed by atoms with Crippen molar-refractivity contribution in [3.8, 4) is 0 Å². The average Bonchev–Trinajstić information content (AvgIpc) is 3.09. The van der Waals surface area contributed by atoms with Gasteiger partial charge in [0.05, 0.1) is 10.5 Å². The van der Waals surface area contributed by atoms with Crippen LogP contribution in [0.3, 0.4) is 0 Å². The lowest BCUT2D eigenvalue weighted by Gasteiger charge is -2.07. The molecule has 0 unspecified atom stereocenters. The van der Waals surface area contributed by atoms with E-state index in [4.69, 9.17) is 4.98 Å². The minimum atomic E-state index is 0.997. The summed E-state index contributed by atoms with van der Waals surface area (Å²) in [4.78, 5) is 6.10. The summed E-state index contributed by atoms with van der Waals surface area (Å²) in [6.45, 7) is 5.30. The molecule has 2 nitrogen and oxygen atoms in total. The van der Waals surface area contributed by atoms with Crippen LogP contribution in [0.4, 0.5) is 0 Å². The van der Waals surface area contributed by atoms with E-state index in [1.165, 1.54) is 32.4 Å². The minimum Gasteiger partial charge on any atom is -0.330 e. The molecule has 2 heterocycles. The molecule has 4 aromatic rings. The second-order valence-corrected chi connectivity index (χ2v) is 7.16. The summed E-state index contributed by atoms with van der Waals surface area (Å²) in [5, 5.41) is 2.45. The molecule has 23 heavy (non-hydrogen) atoms. The van der Waals surface area contributed by atoms with Gasteiger partial charge in [-0.3, -0.25) is 0 Å². The van der Waals surface area contributed by atoms with Crippen LogP contribution in [0.2, 0.25) is 0 Å². The molecule has 2 aromatic heterocycles. The number of aryl methyl sites for hydroxylation is 4. The molecule has 0 fully saturated rings. The molecule has 0 radical (unpaired) electrons. The number of aromatic nitrogens is 2. The molecule has 0 bridgehead atoms. The number of thiazole rings is 1. The van der Waals surface area contributed by atoms with Crippen molar-refractivity contribution >= 4 is 32.6 Å². The lowest BCUT2D eigenvalue weighted by Crippen LogP contribution is -2.00. The fraction of sp³-hybridized carbons (Fsp3) is 0.250. The van der Waals surface area contributed by atoms with E-state index in [0.717, 1.165) is 24.4 Å². The molecule has 0 saturated heterocycles. The third kappa shape index (κ3) is 2.55. The first-order valence-electron chi connectivity index (χ1n) is 8.18. The monoisotopic (exact) mass is 320 g/mol. The number of benzene rings is 2. The van der Waals surface area contributed by atoms with Gasteiger partial charge in [-0.15, -0.1) is 11.3 Å². The quantitative estimate of drug-likeness (QED) is 0.494. The molecule has 0 amide bonds. The van der Waals surface area contributed by atoms with Gasteiger partial charge < -0.3 is 4.57 Å². The molecule has 0 aliphatic heterocycles. The lowest BCUT2D eigenvalue weighted by atomic mass is 10.1. The van der Waals surface area contributed by atoms with Crippen molar-refractivity contribution in [2.75, 3.05) is 0 Å². The molecule has 0 saturated carbocycles. The van der Waals surface area contributed by atoms with E-state index in [2.05, 4.69) is 66.9 Å². The Morgan fingerprint density at radius 3 is 2.65 bits per heavy atom. The Morgan fingerprint density at radius 1 is 1.04 bits per heavy atom. The van der Waals surface area contributed by atoms with Gasteiger partial charge in [0, 0.05) is 11.9 Å². The van der Waals surface area contributed by atoms with Crippen LogP contribution in [0.5, 0.6) is 0 Å². The van der Waals surface area contributed by atoms with E-state index < -0.39 is 0 Å². The molecule has 0 N–H and O–H groups in total. The normalized spacial score (nSPS) is 11.6. The largest absolute Gasteiger partial charge is 0.330 e. The molecular formula is C20H20N2S. The van der Waals surface area contributed by atoms with Crippen LogP contribution in [-0.2, 0) is 19.4 Å². The summed E-state index contributed by atoms with van der Waals surface area (Å²) in [5.41, 5.74) is 5.25. The first-order chi connectivity index (χ1) is 11.3. The van der Waals surface area contributed by atoms with Crippen molar-refractivity contribution in [3.63, 3.8) is 0 Å². The Labute approximate surface area is 140 Å². The van der Waals surface area contributed by atoms with Crippen molar-refractivity contribution in [2.45, 2.75) is 33.2 Å². The lowest BCUT2D eigenvalue weighted by molar-refractivity contribution is 0.748. The smallest absolute Gasteiger partial charge is 0.124 e. The predicted octanol–water partition coefficient (Wildman–Crippen LogP) is 5.36. The summed E-state index contributed by atoms with van der Waals surface area (Å²) in [5.74, 6) is 0. The van der Waals surface area contributed by atoms with Crippen molar-refractivity contribution in [3.05, 3.63) is 64.7 Å². The van der Waals surface area contributed by atoms with Gasteiger partial charge >= 0.3 is 0 Å². The molecule has 0 aliphatic carbocycles. The Hall–Kier alpha value is -2.13. The SMILES string of the molecule is CCc1ccc2c(c1)c1nc(C)sc1n2CCc1ccccc1. The minimum absolute atomic E-state index is 0.997. The van der Waals surface area contributed by atoms with Crippen LogP contribution in [0.1, 0.15) is 23.1 Å². The predicted molar refractivity (Wildman–Crippen MR) is 99.4 cm³/mol. The van der Waals surface area contributed by atoms with Crippen LogP contribution >= 0.6 is 11.3 Å². The number of nitrogens with zero attached hydrogens (tertiary/aromatic N) is 2. The second kappa shape index (κ2) is 5.82. The zero-order valence-corrected chi connectivity index (χ0v) is 14.4. The maximum atomic E-state index is 4.79. The highest BCUT2D eigenvalue weighted by Crippen LogP contribution is 2.33. The maximum absolute atomic E-state index is 4.79. The van der Waals surface area contributed by atoms with Gasteiger partial charge in [0.15, 0.2) is 0 Å². The maximum Gasteiger partial charge on any atom is 0.124 e. The van der Waals surface area contributed by atoms with Crippen molar-refractivity contribution < 1.29 is 0 Å². The number of rotatable bonds is 4. The molecular weight excluding hydrogens is 300 g/mol. The Morgan fingerprint density at radius 2 is 1.87 bits per heavy atom.